The van der Waals surface area contributed by atoms with Gasteiger partial charge in [-0.05, 0) is 18.2 Å². The van der Waals surface area contributed by atoms with E-state index in [0.717, 1.165) is 0 Å². The van der Waals surface area contributed by atoms with Gasteiger partial charge in [0.25, 0.3) is 0 Å². The standard InChI is InChI=1S/C12H12N2O5/c1-18-9-4-3-8(15)10(11(9)19-2)6-5-7(12(16)17)14-13-6/h3-5,15H,1-2H3,(H,13,14)(H,16,17). The molecule has 0 fully saturated rings. The Kier molecular flexibility index (Phi) is 3.28. The maximum Gasteiger partial charge on any atom is 0.353 e. The topological polar surface area (TPSA) is 105 Å². The SMILES string of the molecule is COc1ccc(O)c(-c2cc(C(=O)O)[nH]n2)c1OC. The summed E-state index contributed by atoms with van der Waals surface area (Å²) in [7, 11) is 2.89. The summed E-state index contributed by atoms with van der Waals surface area (Å²) in [4.78, 5) is 10.8. The van der Waals surface area contributed by atoms with E-state index in [1.807, 2.05) is 0 Å². The molecule has 1 aromatic heterocycles. The minimum Gasteiger partial charge on any atom is -0.507 e. The van der Waals surface area contributed by atoms with Crippen LogP contribution in [0.4, 0.5) is 0 Å². The van der Waals surface area contributed by atoms with Gasteiger partial charge in [0.2, 0.25) is 0 Å². The van der Waals surface area contributed by atoms with Crippen molar-refractivity contribution in [1.82, 2.24) is 10.2 Å². The van der Waals surface area contributed by atoms with Gasteiger partial charge in [0.05, 0.1) is 19.8 Å². The number of benzene rings is 1. The number of aromatic amines is 1. The molecule has 0 aliphatic heterocycles. The summed E-state index contributed by atoms with van der Waals surface area (Å²) in [6.07, 6.45) is 0. The van der Waals surface area contributed by atoms with Gasteiger partial charge in [-0.3, -0.25) is 5.10 Å². The molecular weight excluding hydrogens is 252 g/mol. The van der Waals surface area contributed by atoms with Crippen LogP contribution in [0.5, 0.6) is 17.2 Å². The van der Waals surface area contributed by atoms with E-state index in [2.05, 4.69) is 10.2 Å². The van der Waals surface area contributed by atoms with Crippen molar-refractivity contribution < 1.29 is 24.5 Å². The largest absolute Gasteiger partial charge is 0.507 e. The van der Waals surface area contributed by atoms with Crippen LogP contribution in [0.2, 0.25) is 0 Å². The van der Waals surface area contributed by atoms with E-state index < -0.39 is 5.97 Å². The van der Waals surface area contributed by atoms with Gasteiger partial charge in [-0.1, -0.05) is 0 Å². The molecule has 2 rings (SSSR count). The number of carbonyl (C=O) groups is 1. The molecule has 0 amide bonds. The Bertz CT molecular complexity index is 621. The summed E-state index contributed by atoms with van der Waals surface area (Å²) < 4.78 is 10.3. The average Bonchev–Trinajstić information content (AvgIpc) is 2.87. The Labute approximate surface area is 108 Å². The Morgan fingerprint density at radius 2 is 2.05 bits per heavy atom. The Morgan fingerprint density at radius 3 is 2.58 bits per heavy atom. The molecule has 3 N–H and O–H groups in total. The second-order valence-electron chi connectivity index (χ2n) is 3.67. The third-order valence-corrected chi connectivity index (χ3v) is 2.59. The first-order valence-electron chi connectivity index (χ1n) is 5.31. The average molecular weight is 264 g/mol. The molecule has 0 saturated heterocycles. The first-order chi connectivity index (χ1) is 9.08. The van der Waals surface area contributed by atoms with Crippen molar-refractivity contribution in [3.63, 3.8) is 0 Å². The highest BCUT2D eigenvalue weighted by Gasteiger charge is 2.20. The van der Waals surface area contributed by atoms with Crippen LogP contribution in [0.3, 0.4) is 0 Å². The number of nitrogens with zero attached hydrogens (tertiary/aromatic N) is 1. The molecule has 0 aliphatic carbocycles. The minimum absolute atomic E-state index is 0.0823. The molecule has 0 unspecified atom stereocenters. The van der Waals surface area contributed by atoms with Gasteiger partial charge in [-0.2, -0.15) is 5.10 Å². The zero-order valence-electron chi connectivity index (χ0n) is 10.3. The quantitative estimate of drug-likeness (QED) is 0.772. The van der Waals surface area contributed by atoms with E-state index in [1.165, 1.54) is 26.4 Å². The molecule has 19 heavy (non-hydrogen) atoms. The Morgan fingerprint density at radius 1 is 1.32 bits per heavy atom. The van der Waals surface area contributed by atoms with E-state index in [9.17, 15) is 9.90 Å². The number of rotatable bonds is 4. The molecule has 0 aliphatic rings. The van der Waals surface area contributed by atoms with Gasteiger partial charge in [0, 0.05) is 0 Å². The predicted molar refractivity (Wildman–Crippen MR) is 65.8 cm³/mol. The number of ether oxygens (including phenoxy) is 2. The van der Waals surface area contributed by atoms with Crippen LogP contribution in [0, 0.1) is 0 Å². The fourth-order valence-corrected chi connectivity index (χ4v) is 1.72. The number of hydrogen-bond donors (Lipinski definition) is 3. The summed E-state index contributed by atoms with van der Waals surface area (Å²) in [5, 5.41) is 25.0. The first-order valence-corrected chi connectivity index (χ1v) is 5.31. The van der Waals surface area contributed by atoms with Crippen molar-refractivity contribution in [1.29, 1.82) is 0 Å². The maximum absolute atomic E-state index is 10.8. The highest BCUT2D eigenvalue weighted by molar-refractivity contribution is 5.88. The second kappa shape index (κ2) is 4.89. The monoisotopic (exact) mass is 264 g/mol. The zero-order valence-corrected chi connectivity index (χ0v) is 10.3. The number of aromatic carboxylic acids is 1. The number of phenols is 1. The molecule has 100 valence electrons. The van der Waals surface area contributed by atoms with Gasteiger partial charge in [0.1, 0.15) is 17.1 Å². The highest BCUT2D eigenvalue weighted by atomic mass is 16.5. The minimum atomic E-state index is -1.14. The third-order valence-electron chi connectivity index (χ3n) is 2.59. The van der Waals surface area contributed by atoms with Crippen LogP contribution >= 0.6 is 0 Å². The van der Waals surface area contributed by atoms with Crippen molar-refractivity contribution >= 4 is 5.97 Å². The lowest BCUT2D eigenvalue weighted by Gasteiger charge is -2.12. The lowest BCUT2D eigenvalue weighted by Crippen LogP contribution is -1.95. The normalized spacial score (nSPS) is 10.2. The van der Waals surface area contributed by atoms with Crippen LogP contribution in [-0.2, 0) is 0 Å². The van der Waals surface area contributed by atoms with Crippen molar-refractivity contribution in [2.24, 2.45) is 0 Å². The van der Waals surface area contributed by atoms with Crippen LogP contribution in [0.1, 0.15) is 10.5 Å². The number of carboxylic acids is 1. The number of aromatic nitrogens is 2. The molecule has 2 aromatic rings. The fraction of sp³-hybridized carbons (Fsp3) is 0.167. The number of phenolic OH excluding ortho intramolecular Hbond substituents is 1. The van der Waals surface area contributed by atoms with Crippen molar-refractivity contribution in [3.8, 4) is 28.5 Å². The van der Waals surface area contributed by atoms with Crippen LogP contribution in [0.15, 0.2) is 18.2 Å². The van der Waals surface area contributed by atoms with Gasteiger partial charge >= 0.3 is 5.97 Å². The molecule has 0 saturated carbocycles. The first kappa shape index (κ1) is 12.7. The Hall–Kier alpha value is -2.70. The molecule has 0 bridgehead atoms. The molecule has 0 radical (unpaired) electrons. The van der Waals surface area contributed by atoms with E-state index >= 15 is 0 Å². The highest BCUT2D eigenvalue weighted by Crippen LogP contribution is 2.43. The molecule has 0 atom stereocenters. The van der Waals surface area contributed by atoms with E-state index in [0.29, 0.717) is 5.75 Å². The van der Waals surface area contributed by atoms with E-state index in [-0.39, 0.29) is 28.5 Å². The van der Waals surface area contributed by atoms with E-state index in [4.69, 9.17) is 14.6 Å². The molecule has 7 heteroatoms. The van der Waals surface area contributed by atoms with Gasteiger partial charge in [-0.15, -0.1) is 0 Å². The van der Waals surface area contributed by atoms with Gasteiger partial charge < -0.3 is 19.7 Å². The molecule has 7 nitrogen and oxygen atoms in total. The predicted octanol–water partition coefficient (Wildman–Crippen LogP) is 1.50. The molecule has 1 aromatic carbocycles. The Balaban J connectivity index is 2.62. The fourth-order valence-electron chi connectivity index (χ4n) is 1.72. The van der Waals surface area contributed by atoms with Crippen molar-refractivity contribution in [2.75, 3.05) is 14.2 Å². The van der Waals surface area contributed by atoms with Gasteiger partial charge in [0.15, 0.2) is 11.5 Å². The molecular formula is C12H12N2O5. The lowest BCUT2D eigenvalue weighted by atomic mass is 10.1. The number of aromatic hydroxyl groups is 1. The summed E-state index contributed by atoms with van der Waals surface area (Å²) in [5.74, 6) is -0.526. The number of nitrogens with one attached hydrogen (secondary N) is 1. The van der Waals surface area contributed by atoms with Gasteiger partial charge in [-0.25, -0.2) is 4.79 Å². The summed E-state index contributed by atoms with van der Waals surface area (Å²) >= 11 is 0. The second-order valence-corrected chi connectivity index (χ2v) is 3.67. The number of methoxy groups -OCH3 is 2. The number of H-pyrrole nitrogens is 1. The summed E-state index contributed by atoms with van der Waals surface area (Å²) in [6.45, 7) is 0. The van der Waals surface area contributed by atoms with Crippen molar-refractivity contribution in [3.05, 3.63) is 23.9 Å². The zero-order chi connectivity index (χ0) is 14.0. The lowest BCUT2D eigenvalue weighted by molar-refractivity contribution is 0.0690. The van der Waals surface area contributed by atoms with Crippen LogP contribution in [-0.4, -0.2) is 40.6 Å². The van der Waals surface area contributed by atoms with Crippen molar-refractivity contribution in [2.45, 2.75) is 0 Å². The van der Waals surface area contributed by atoms with E-state index in [1.54, 1.807) is 6.07 Å². The third kappa shape index (κ3) is 2.17. The number of hydrogen-bond acceptors (Lipinski definition) is 5. The summed E-state index contributed by atoms with van der Waals surface area (Å²) in [5.41, 5.74) is 0.440. The number of carboxylic acid groups (broad SMARTS) is 1. The molecule has 1 heterocycles. The van der Waals surface area contributed by atoms with Crippen LogP contribution in [0.25, 0.3) is 11.3 Å². The van der Waals surface area contributed by atoms with Crippen LogP contribution < -0.4 is 9.47 Å². The maximum atomic E-state index is 10.8. The smallest absolute Gasteiger partial charge is 0.353 e. The summed E-state index contributed by atoms with van der Waals surface area (Å²) in [6, 6.07) is 4.27. The molecule has 0 spiro atoms.